The lowest BCUT2D eigenvalue weighted by atomic mass is 9.99. The van der Waals surface area contributed by atoms with E-state index in [1.807, 2.05) is 78.9 Å². The quantitative estimate of drug-likeness (QED) is 0.182. The Labute approximate surface area is 302 Å². The first-order valence-corrected chi connectivity index (χ1v) is 17.4. The van der Waals surface area contributed by atoms with Gasteiger partial charge in [0.1, 0.15) is 0 Å². The van der Waals surface area contributed by atoms with Gasteiger partial charge in [-0.25, -0.2) is 4.98 Å². The van der Waals surface area contributed by atoms with Crippen molar-refractivity contribution in [1.29, 1.82) is 0 Å². The molecule has 0 aliphatic carbocycles. The summed E-state index contributed by atoms with van der Waals surface area (Å²) in [5.41, 5.74) is 12.3. The molecule has 7 aromatic carbocycles. The largest absolute Gasteiger partial charge is 0.453 e. The highest BCUT2D eigenvalue weighted by molar-refractivity contribution is 5.88. The van der Waals surface area contributed by atoms with E-state index in [-0.39, 0.29) is 0 Å². The second kappa shape index (κ2) is 12.3. The van der Waals surface area contributed by atoms with Crippen LogP contribution < -0.4 is 19.3 Å². The zero-order chi connectivity index (χ0) is 34.4. The number of aromatic nitrogens is 1. The smallest absolute Gasteiger partial charge is 0.151 e. The SMILES string of the molecule is c1ccc(-c2cc(-c3ccc(N4c5ccccc5Oc5ccccc54)cc3)nc(-c3ccc(N4c5ccccc5Oc5ccccc54)cc3)c2)cc1. The third kappa shape index (κ3) is 5.15. The number of hydrogen-bond acceptors (Lipinski definition) is 5. The van der Waals surface area contributed by atoms with E-state index in [1.54, 1.807) is 0 Å². The molecule has 246 valence electrons. The van der Waals surface area contributed by atoms with Gasteiger partial charge in [0.25, 0.3) is 0 Å². The molecule has 8 aromatic rings. The number of pyridine rings is 1. The highest BCUT2D eigenvalue weighted by Gasteiger charge is 2.26. The molecule has 52 heavy (non-hydrogen) atoms. The Morgan fingerprint density at radius 2 is 0.654 bits per heavy atom. The van der Waals surface area contributed by atoms with E-state index in [1.165, 1.54) is 0 Å². The Hall–Kier alpha value is -7.11. The van der Waals surface area contributed by atoms with E-state index in [0.717, 1.165) is 90.8 Å². The van der Waals surface area contributed by atoms with Crippen molar-refractivity contribution in [1.82, 2.24) is 4.98 Å². The Bertz CT molecular complexity index is 2330. The minimum absolute atomic E-state index is 0.834. The molecular weight excluding hydrogens is 639 g/mol. The number of para-hydroxylation sites is 8. The number of benzene rings is 7. The van der Waals surface area contributed by atoms with Crippen LogP contribution in [0.3, 0.4) is 0 Å². The Morgan fingerprint density at radius 1 is 0.308 bits per heavy atom. The summed E-state index contributed by atoms with van der Waals surface area (Å²) in [7, 11) is 0. The van der Waals surface area contributed by atoms with Crippen LogP contribution in [0.1, 0.15) is 0 Å². The molecule has 10 rings (SSSR count). The van der Waals surface area contributed by atoms with Crippen LogP contribution in [0, 0.1) is 0 Å². The standard InChI is InChI=1S/C47H31N3O2/c1-2-12-32(13-3-1)35-30-38(33-22-26-36(27-23-33)49-40-14-4-8-18-44(40)51-45-19-9-5-15-41(45)49)48-39(31-35)34-24-28-37(29-25-34)50-42-16-6-10-20-46(42)52-47-21-11-7-17-43(47)50/h1-31H. The van der Waals surface area contributed by atoms with Gasteiger partial charge in [0, 0.05) is 22.5 Å². The van der Waals surface area contributed by atoms with E-state index in [4.69, 9.17) is 14.5 Å². The number of fused-ring (bicyclic) bond motifs is 4. The molecule has 0 saturated carbocycles. The van der Waals surface area contributed by atoms with Crippen molar-refractivity contribution in [2.24, 2.45) is 0 Å². The zero-order valence-corrected chi connectivity index (χ0v) is 28.1. The van der Waals surface area contributed by atoms with Crippen LogP contribution in [0.4, 0.5) is 34.1 Å². The van der Waals surface area contributed by atoms with Crippen molar-refractivity contribution >= 4 is 34.1 Å². The van der Waals surface area contributed by atoms with Gasteiger partial charge in [-0.2, -0.15) is 0 Å². The molecule has 0 radical (unpaired) electrons. The van der Waals surface area contributed by atoms with Crippen LogP contribution in [-0.4, -0.2) is 4.98 Å². The van der Waals surface area contributed by atoms with Crippen molar-refractivity contribution in [2.75, 3.05) is 9.80 Å². The van der Waals surface area contributed by atoms with Gasteiger partial charge in [0.05, 0.1) is 34.1 Å². The minimum atomic E-state index is 0.834. The number of ether oxygens (including phenoxy) is 2. The van der Waals surface area contributed by atoms with Gasteiger partial charge in [0.15, 0.2) is 23.0 Å². The first kappa shape index (κ1) is 29.8. The first-order chi connectivity index (χ1) is 25.8. The average molecular weight is 670 g/mol. The maximum absolute atomic E-state index is 6.25. The molecule has 0 atom stereocenters. The average Bonchev–Trinajstić information content (AvgIpc) is 3.22. The lowest BCUT2D eigenvalue weighted by molar-refractivity contribution is 0.477. The fraction of sp³-hybridized carbons (Fsp3) is 0. The molecule has 2 aliphatic heterocycles. The molecule has 5 heteroatoms. The Balaban J connectivity index is 1.04. The van der Waals surface area contributed by atoms with E-state index in [2.05, 4.69) is 119 Å². The Morgan fingerprint density at radius 3 is 1.04 bits per heavy atom. The second-order valence-electron chi connectivity index (χ2n) is 12.8. The van der Waals surface area contributed by atoms with Gasteiger partial charge in [-0.1, -0.05) is 103 Å². The fourth-order valence-electron chi connectivity index (χ4n) is 7.15. The monoisotopic (exact) mass is 669 g/mol. The highest BCUT2D eigenvalue weighted by Crippen LogP contribution is 2.51. The predicted molar refractivity (Wildman–Crippen MR) is 210 cm³/mol. The molecule has 0 N–H and O–H groups in total. The van der Waals surface area contributed by atoms with Crippen LogP contribution in [0.5, 0.6) is 23.0 Å². The summed E-state index contributed by atoms with van der Waals surface area (Å²) in [5, 5.41) is 0. The van der Waals surface area contributed by atoms with Crippen LogP contribution in [-0.2, 0) is 0 Å². The van der Waals surface area contributed by atoms with E-state index in [0.29, 0.717) is 0 Å². The third-order valence-electron chi connectivity index (χ3n) is 9.64. The maximum Gasteiger partial charge on any atom is 0.151 e. The third-order valence-corrected chi connectivity index (χ3v) is 9.64. The lowest BCUT2D eigenvalue weighted by Gasteiger charge is -2.32. The topological polar surface area (TPSA) is 37.8 Å². The number of anilines is 6. The summed E-state index contributed by atoms with van der Waals surface area (Å²) >= 11 is 0. The molecule has 2 aliphatic rings. The van der Waals surface area contributed by atoms with Crippen molar-refractivity contribution in [3.63, 3.8) is 0 Å². The molecule has 0 spiro atoms. The Kier molecular flexibility index (Phi) is 7.07. The highest BCUT2D eigenvalue weighted by atomic mass is 16.5. The summed E-state index contributed by atoms with van der Waals surface area (Å²) in [5.74, 6) is 3.33. The minimum Gasteiger partial charge on any atom is -0.453 e. The number of nitrogens with zero attached hydrogens (tertiary/aromatic N) is 3. The molecule has 0 bridgehead atoms. The molecule has 1 aromatic heterocycles. The normalized spacial score (nSPS) is 12.5. The van der Waals surface area contributed by atoms with Crippen LogP contribution in [0.2, 0.25) is 0 Å². The molecule has 0 unspecified atom stereocenters. The van der Waals surface area contributed by atoms with E-state index in [9.17, 15) is 0 Å². The van der Waals surface area contributed by atoms with Crippen molar-refractivity contribution < 1.29 is 9.47 Å². The van der Waals surface area contributed by atoms with E-state index < -0.39 is 0 Å². The summed E-state index contributed by atoms with van der Waals surface area (Å²) in [6.45, 7) is 0. The summed E-state index contributed by atoms with van der Waals surface area (Å²) < 4.78 is 12.5. The van der Waals surface area contributed by atoms with Crippen molar-refractivity contribution in [3.05, 3.63) is 188 Å². The van der Waals surface area contributed by atoms with E-state index >= 15 is 0 Å². The summed E-state index contributed by atoms with van der Waals surface area (Å²) in [6.07, 6.45) is 0. The van der Waals surface area contributed by atoms with Gasteiger partial charge >= 0.3 is 0 Å². The van der Waals surface area contributed by atoms with Crippen molar-refractivity contribution in [2.45, 2.75) is 0 Å². The van der Waals surface area contributed by atoms with Gasteiger partial charge in [0.2, 0.25) is 0 Å². The number of rotatable bonds is 5. The molecule has 0 saturated heterocycles. The van der Waals surface area contributed by atoms with Gasteiger partial charge in [-0.3, -0.25) is 0 Å². The maximum atomic E-state index is 6.25. The first-order valence-electron chi connectivity index (χ1n) is 17.4. The van der Waals surface area contributed by atoms with Crippen LogP contribution in [0.15, 0.2) is 188 Å². The zero-order valence-electron chi connectivity index (χ0n) is 28.1. The molecule has 5 nitrogen and oxygen atoms in total. The van der Waals surface area contributed by atoms with Gasteiger partial charge < -0.3 is 19.3 Å². The second-order valence-corrected chi connectivity index (χ2v) is 12.8. The molecular formula is C47H31N3O2. The summed E-state index contributed by atoms with van der Waals surface area (Å²) in [6, 6.07) is 64.8. The number of hydrogen-bond donors (Lipinski definition) is 0. The summed E-state index contributed by atoms with van der Waals surface area (Å²) in [4.78, 5) is 9.77. The van der Waals surface area contributed by atoms with Crippen LogP contribution in [0.25, 0.3) is 33.6 Å². The van der Waals surface area contributed by atoms with Crippen LogP contribution >= 0.6 is 0 Å². The van der Waals surface area contributed by atoms with Gasteiger partial charge in [-0.15, -0.1) is 0 Å². The predicted octanol–water partition coefficient (Wildman–Crippen LogP) is 13.2. The fourth-order valence-corrected chi connectivity index (χ4v) is 7.15. The lowest BCUT2D eigenvalue weighted by Crippen LogP contribution is -2.15. The molecule has 3 heterocycles. The van der Waals surface area contributed by atoms with Gasteiger partial charge in [-0.05, 0) is 96.1 Å². The molecule has 0 amide bonds. The van der Waals surface area contributed by atoms with Crippen molar-refractivity contribution in [3.8, 4) is 56.6 Å². The molecule has 0 fully saturated rings.